The molecule has 0 bridgehead atoms. The maximum atomic E-state index is 10.2. The number of halogens is 1. The lowest BCUT2D eigenvalue weighted by Crippen LogP contribution is -2.49. The average Bonchev–Trinajstić information content (AvgIpc) is 2.63. The predicted molar refractivity (Wildman–Crippen MR) is 103 cm³/mol. The van der Waals surface area contributed by atoms with Gasteiger partial charge in [0.2, 0.25) is 0 Å². The van der Waals surface area contributed by atoms with Gasteiger partial charge in [0.25, 0.3) is 0 Å². The van der Waals surface area contributed by atoms with Crippen molar-refractivity contribution < 1.29 is 9.84 Å². The van der Waals surface area contributed by atoms with Gasteiger partial charge in [0.1, 0.15) is 18.5 Å². The molecular weight excluding hydrogens is 336 g/mol. The fraction of sp³-hybridized carbons (Fsp3) is 0.400. The summed E-state index contributed by atoms with van der Waals surface area (Å²) < 4.78 is 5.62. The van der Waals surface area contributed by atoms with Crippen LogP contribution in [-0.4, -0.2) is 55.4 Å². The highest BCUT2D eigenvalue weighted by molar-refractivity contribution is 6.30. The van der Waals surface area contributed by atoms with Gasteiger partial charge in [0, 0.05) is 43.4 Å². The summed E-state index contributed by atoms with van der Waals surface area (Å²) in [6, 6.07) is 15.9. The zero-order valence-electron chi connectivity index (χ0n) is 14.6. The molecule has 0 radical (unpaired) electrons. The van der Waals surface area contributed by atoms with Crippen molar-refractivity contribution in [3.63, 3.8) is 0 Å². The highest BCUT2D eigenvalue weighted by atomic mass is 35.5. The van der Waals surface area contributed by atoms with Crippen molar-refractivity contribution in [2.75, 3.05) is 44.2 Å². The van der Waals surface area contributed by atoms with Crippen LogP contribution in [0.5, 0.6) is 5.75 Å². The lowest BCUT2D eigenvalue weighted by Gasteiger charge is -2.36. The van der Waals surface area contributed by atoms with E-state index in [9.17, 15) is 5.11 Å². The summed E-state index contributed by atoms with van der Waals surface area (Å²) in [4.78, 5) is 4.69. The van der Waals surface area contributed by atoms with E-state index in [4.69, 9.17) is 16.3 Å². The first-order valence-electron chi connectivity index (χ1n) is 8.70. The molecule has 0 aliphatic carbocycles. The van der Waals surface area contributed by atoms with Gasteiger partial charge in [-0.1, -0.05) is 29.3 Å². The third-order valence-corrected chi connectivity index (χ3v) is 4.75. The van der Waals surface area contributed by atoms with Crippen molar-refractivity contribution in [3.05, 3.63) is 59.1 Å². The Kier molecular flexibility index (Phi) is 6.19. The van der Waals surface area contributed by atoms with Crippen LogP contribution >= 0.6 is 11.6 Å². The van der Waals surface area contributed by atoms with E-state index in [1.807, 2.05) is 12.1 Å². The van der Waals surface area contributed by atoms with Crippen molar-refractivity contribution in [3.8, 4) is 5.75 Å². The number of hydrogen-bond acceptors (Lipinski definition) is 4. The molecule has 1 heterocycles. The number of nitrogens with zero attached hydrogens (tertiary/aromatic N) is 2. The Morgan fingerprint density at radius 2 is 1.64 bits per heavy atom. The summed E-state index contributed by atoms with van der Waals surface area (Å²) in [5.74, 6) is 0.729. The van der Waals surface area contributed by atoms with Gasteiger partial charge in [-0.3, -0.25) is 4.90 Å². The van der Waals surface area contributed by atoms with Crippen molar-refractivity contribution >= 4 is 17.3 Å². The molecule has 25 heavy (non-hydrogen) atoms. The molecule has 3 rings (SSSR count). The van der Waals surface area contributed by atoms with Crippen LogP contribution in [0.25, 0.3) is 0 Å². The normalized spacial score (nSPS) is 16.7. The lowest BCUT2D eigenvalue weighted by atomic mass is 10.2. The number of aliphatic hydroxyl groups is 1. The van der Waals surface area contributed by atoms with Crippen LogP contribution in [0.1, 0.15) is 5.56 Å². The summed E-state index contributed by atoms with van der Waals surface area (Å²) in [5.41, 5.74) is 2.56. The number of benzene rings is 2. The van der Waals surface area contributed by atoms with Crippen molar-refractivity contribution in [2.45, 2.75) is 13.0 Å². The molecule has 2 aromatic rings. The molecule has 2 aromatic carbocycles. The van der Waals surface area contributed by atoms with E-state index in [2.05, 4.69) is 41.0 Å². The van der Waals surface area contributed by atoms with Gasteiger partial charge in [-0.25, -0.2) is 0 Å². The fourth-order valence-corrected chi connectivity index (χ4v) is 3.14. The molecule has 5 heteroatoms. The minimum atomic E-state index is -0.499. The molecule has 1 aliphatic rings. The van der Waals surface area contributed by atoms with E-state index in [0.29, 0.717) is 18.2 Å². The van der Waals surface area contributed by atoms with Crippen LogP contribution in [0.3, 0.4) is 0 Å². The minimum absolute atomic E-state index is 0.291. The molecule has 0 aromatic heterocycles. The number of aryl methyl sites for hydroxylation is 1. The Balaban J connectivity index is 1.40. The van der Waals surface area contributed by atoms with E-state index < -0.39 is 6.10 Å². The summed E-state index contributed by atoms with van der Waals surface area (Å²) in [6.45, 7) is 6.89. The molecule has 0 saturated carbocycles. The Hall–Kier alpha value is -1.75. The van der Waals surface area contributed by atoms with Crippen molar-refractivity contribution in [1.82, 2.24) is 4.90 Å². The van der Waals surface area contributed by atoms with E-state index in [1.165, 1.54) is 11.3 Å². The van der Waals surface area contributed by atoms with Crippen molar-refractivity contribution in [1.29, 1.82) is 0 Å². The molecule has 0 amide bonds. The van der Waals surface area contributed by atoms with E-state index >= 15 is 0 Å². The predicted octanol–water partition coefficient (Wildman–Crippen LogP) is 3.21. The molecule has 134 valence electrons. The molecule has 4 nitrogen and oxygen atoms in total. The van der Waals surface area contributed by atoms with Gasteiger partial charge < -0.3 is 14.7 Å². The zero-order valence-corrected chi connectivity index (χ0v) is 15.3. The Morgan fingerprint density at radius 3 is 2.28 bits per heavy atom. The molecule has 1 aliphatic heterocycles. The van der Waals surface area contributed by atoms with E-state index in [1.54, 1.807) is 12.1 Å². The third kappa shape index (κ3) is 5.36. The van der Waals surface area contributed by atoms with Crippen LogP contribution in [0.2, 0.25) is 5.02 Å². The van der Waals surface area contributed by atoms with Crippen LogP contribution in [-0.2, 0) is 0 Å². The number of anilines is 1. The maximum Gasteiger partial charge on any atom is 0.119 e. The maximum absolute atomic E-state index is 10.2. The number of rotatable bonds is 6. The molecule has 0 spiro atoms. The smallest absolute Gasteiger partial charge is 0.119 e. The quantitative estimate of drug-likeness (QED) is 0.858. The highest BCUT2D eigenvalue weighted by Crippen LogP contribution is 2.18. The molecule has 1 unspecified atom stereocenters. The summed E-state index contributed by atoms with van der Waals surface area (Å²) >= 11 is 5.85. The van der Waals surface area contributed by atoms with E-state index in [0.717, 1.165) is 31.9 Å². The minimum Gasteiger partial charge on any atom is -0.491 e. The Morgan fingerprint density at radius 1 is 1.00 bits per heavy atom. The van der Waals surface area contributed by atoms with Gasteiger partial charge in [-0.15, -0.1) is 0 Å². The number of piperazine rings is 1. The van der Waals surface area contributed by atoms with Gasteiger partial charge in [0.05, 0.1) is 0 Å². The standard InChI is InChI=1S/C20H25ClN2O2/c1-16-2-6-18(7-3-16)23-12-10-22(11-13-23)14-19(24)15-25-20-8-4-17(21)5-9-20/h2-9,19,24H,10-15H2,1H3. The third-order valence-electron chi connectivity index (χ3n) is 4.50. The highest BCUT2D eigenvalue weighted by Gasteiger charge is 2.19. The summed E-state index contributed by atoms with van der Waals surface area (Å²) in [7, 11) is 0. The first-order chi connectivity index (χ1) is 12.1. The van der Waals surface area contributed by atoms with Crippen LogP contribution in [0, 0.1) is 6.92 Å². The number of β-amino-alcohol motifs (C(OH)–C–C–N with tert-alkyl or cyclic N) is 1. The summed E-state index contributed by atoms with van der Waals surface area (Å²) in [6.07, 6.45) is -0.499. The number of ether oxygens (including phenoxy) is 1. The fourth-order valence-electron chi connectivity index (χ4n) is 3.02. The molecule has 1 atom stereocenters. The SMILES string of the molecule is Cc1ccc(N2CCN(CC(O)COc3ccc(Cl)cc3)CC2)cc1. The molecule has 1 saturated heterocycles. The van der Waals surface area contributed by atoms with Crippen LogP contribution in [0.15, 0.2) is 48.5 Å². The topological polar surface area (TPSA) is 35.9 Å². The molecular formula is C20H25ClN2O2. The Labute approximate surface area is 154 Å². The lowest BCUT2D eigenvalue weighted by molar-refractivity contribution is 0.0663. The first-order valence-corrected chi connectivity index (χ1v) is 9.08. The van der Waals surface area contributed by atoms with Gasteiger partial charge in [-0.05, 0) is 43.3 Å². The van der Waals surface area contributed by atoms with Gasteiger partial charge >= 0.3 is 0 Å². The molecule has 1 fully saturated rings. The van der Waals surface area contributed by atoms with Gasteiger partial charge in [-0.2, -0.15) is 0 Å². The largest absolute Gasteiger partial charge is 0.491 e. The number of hydrogen-bond donors (Lipinski definition) is 1. The monoisotopic (exact) mass is 360 g/mol. The van der Waals surface area contributed by atoms with Crippen LogP contribution in [0.4, 0.5) is 5.69 Å². The first kappa shape index (κ1) is 18.1. The Bertz CT molecular complexity index is 652. The second kappa shape index (κ2) is 8.56. The van der Waals surface area contributed by atoms with Crippen LogP contribution < -0.4 is 9.64 Å². The summed E-state index contributed by atoms with van der Waals surface area (Å²) in [5, 5.41) is 10.9. The number of aliphatic hydroxyl groups excluding tert-OH is 1. The average molecular weight is 361 g/mol. The second-order valence-corrected chi connectivity index (χ2v) is 6.98. The van der Waals surface area contributed by atoms with Gasteiger partial charge in [0.15, 0.2) is 0 Å². The second-order valence-electron chi connectivity index (χ2n) is 6.54. The molecule has 1 N–H and O–H groups in total. The van der Waals surface area contributed by atoms with Crippen molar-refractivity contribution in [2.24, 2.45) is 0 Å². The van der Waals surface area contributed by atoms with E-state index in [-0.39, 0.29) is 0 Å². The zero-order chi connectivity index (χ0) is 17.6.